The number of benzene rings is 3. The van der Waals surface area contributed by atoms with Crippen LogP contribution in [0.2, 0.25) is 0 Å². The van der Waals surface area contributed by atoms with Crippen LogP contribution >= 0.6 is 0 Å². The zero-order chi connectivity index (χ0) is 31.2. The van der Waals surface area contributed by atoms with Crippen LogP contribution in [-0.4, -0.2) is 57.6 Å². The molecule has 11 heteroatoms. The second-order valence-electron chi connectivity index (χ2n) is 10.6. The van der Waals surface area contributed by atoms with Crippen LogP contribution in [0.25, 0.3) is 0 Å². The number of sulfone groups is 1. The highest BCUT2D eigenvalue weighted by Gasteiger charge is 2.32. The third kappa shape index (κ3) is 7.95. The summed E-state index contributed by atoms with van der Waals surface area (Å²) in [7, 11) is -3.37. The van der Waals surface area contributed by atoms with Gasteiger partial charge in [0.2, 0.25) is 0 Å². The number of hydrogen-bond donors (Lipinski definition) is 2. The molecule has 1 heterocycles. The van der Waals surface area contributed by atoms with Crippen LogP contribution < -0.4 is 10.2 Å². The normalized spacial score (nSPS) is 18.3. The summed E-state index contributed by atoms with van der Waals surface area (Å²) < 4.78 is 69.1. The standard InChI is InChI=1S/C32H37F3N2O5S/c1-3-42-21-28-16-9-25(22-5-12-26(13-6-22)32(33,34)35)19-37(28)27-14-7-24(8-15-27)31(39)36-30(20-38)23-10-17-29(18-11-23)43(40,41)4-2/h5-8,10-15,17-18,25,28,30,38H,3-4,9,16,19-21H2,1-2H3,(H,36,39)/t25?,28-,30-/m0/s1. The predicted octanol–water partition coefficient (Wildman–Crippen LogP) is 5.75. The first kappa shape index (κ1) is 32.5. The zero-order valence-corrected chi connectivity index (χ0v) is 25.0. The Morgan fingerprint density at radius 1 is 1.00 bits per heavy atom. The smallest absolute Gasteiger partial charge is 0.394 e. The van der Waals surface area contributed by atoms with Crippen molar-refractivity contribution in [1.82, 2.24) is 5.32 Å². The van der Waals surface area contributed by atoms with Gasteiger partial charge in [-0.25, -0.2) is 8.42 Å². The van der Waals surface area contributed by atoms with Gasteiger partial charge >= 0.3 is 6.18 Å². The maximum atomic E-state index is 13.1. The van der Waals surface area contributed by atoms with Crippen molar-refractivity contribution in [3.63, 3.8) is 0 Å². The molecule has 1 unspecified atom stereocenters. The molecule has 2 N–H and O–H groups in total. The van der Waals surface area contributed by atoms with Crippen molar-refractivity contribution < 1.29 is 36.2 Å². The summed E-state index contributed by atoms with van der Waals surface area (Å²) in [4.78, 5) is 15.4. The van der Waals surface area contributed by atoms with E-state index in [1.54, 1.807) is 43.3 Å². The molecule has 3 aromatic carbocycles. The number of nitrogens with zero attached hydrogens (tertiary/aromatic N) is 1. The van der Waals surface area contributed by atoms with Crippen molar-refractivity contribution >= 4 is 21.4 Å². The van der Waals surface area contributed by atoms with Crippen molar-refractivity contribution in [2.75, 3.05) is 37.0 Å². The van der Waals surface area contributed by atoms with Gasteiger partial charge in [0, 0.05) is 30.3 Å². The third-order valence-electron chi connectivity index (χ3n) is 7.90. The molecule has 0 bridgehead atoms. The number of hydrogen-bond acceptors (Lipinski definition) is 6. The molecule has 3 atom stereocenters. The van der Waals surface area contributed by atoms with Crippen LogP contribution in [-0.2, 0) is 20.8 Å². The van der Waals surface area contributed by atoms with Gasteiger partial charge in [0.15, 0.2) is 9.84 Å². The highest BCUT2D eigenvalue weighted by atomic mass is 32.2. The van der Waals surface area contributed by atoms with Crippen LogP contribution in [0.4, 0.5) is 18.9 Å². The highest BCUT2D eigenvalue weighted by Crippen LogP contribution is 2.36. The van der Waals surface area contributed by atoms with Crippen LogP contribution in [0.1, 0.15) is 65.7 Å². The van der Waals surface area contributed by atoms with E-state index < -0.39 is 33.5 Å². The van der Waals surface area contributed by atoms with Gasteiger partial charge in [-0.2, -0.15) is 13.2 Å². The quantitative estimate of drug-likeness (QED) is 0.284. The fourth-order valence-corrected chi connectivity index (χ4v) is 6.23. The first-order chi connectivity index (χ1) is 20.5. The Hall–Kier alpha value is -3.41. The number of amides is 1. The molecule has 1 amide bonds. The monoisotopic (exact) mass is 618 g/mol. The maximum Gasteiger partial charge on any atom is 0.416 e. The predicted molar refractivity (Wildman–Crippen MR) is 159 cm³/mol. The number of rotatable bonds is 11. The molecular weight excluding hydrogens is 581 g/mol. The van der Waals surface area contributed by atoms with Gasteiger partial charge in [-0.15, -0.1) is 0 Å². The number of anilines is 1. The largest absolute Gasteiger partial charge is 0.416 e. The minimum atomic E-state index is -4.38. The molecule has 0 aromatic heterocycles. The third-order valence-corrected chi connectivity index (χ3v) is 9.65. The Labute approximate surface area is 250 Å². The lowest BCUT2D eigenvalue weighted by Crippen LogP contribution is -2.45. The van der Waals surface area contributed by atoms with Gasteiger partial charge in [-0.1, -0.05) is 31.2 Å². The number of aliphatic hydroxyl groups excluding tert-OH is 1. The van der Waals surface area contributed by atoms with E-state index >= 15 is 0 Å². The number of piperidine rings is 1. The van der Waals surface area contributed by atoms with Crippen LogP contribution in [0.5, 0.6) is 0 Å². The van der Waals surface area contributed by atoms with E-state index in [2.05, 4.69) is 10.2 Å². The van der Waals surface area contributed by atoms with Crippen molar-refractivity contribution in [2.24, 2.45) is 0 Å². The summed E-state index contributed by atoms with van der Waals surface area (Å²) in [6.45, 7) is 4.77. The van der Waals surface area contributed by atoms with Crippen molar-refractivity contribution in [3.05, 3.63) is 95.1 Å². The van der Waals surface area contributed by atoms with Gasteiger partial charge in [0.25, 0.3) is 5.91 Å². The molecule has 0 radical (unpaired) electrons. The molecule has 7 nitrogen and oxygen atoms in total. The molecule has 1 fully saturated rings. The van der Waals surface area contributed by atoms with E-state index in [1.165, 1.54) is 12.1 Å². The molecule has 4 rings (SSSR count). The first-order valence-corrected chi connectivity index (χ1v) is 16.0. The molecule has 1 aliphatic heterocycles. The summed E-state index contributed by atoms with van der Waals surface area (Å²) in [5, 5.41) is 12.7. The van der Waals surface area contributed by atoms with E-state index in [0.717, 1.165) is 36.2 Å². The summed E-state index contributed by atoms with van der Waals surface area (Å²) in [5.74, 6) is -0.391. The molecule has 1 saturated heterocycles. The van der Waals surface area contributed by atoms with E-state index in [4.69, 9.17) is 4.74 Å². The minimum Gasteiger partial charge on any atom is -0.394 e. The van der Waals surface area contributed by atoms with Gasteiger partial charge < -0.3 is 20.1 Å². The summed E-state index contributed by atoms with van der Waals surface area (Å²) in [6.07, 6.45) is -2.77. The van der Waals surface area contributed by atoms with E-state index in [9.17, 15) is 31.5 Å². The SMILES string of the molecule is CCOC[C@@H]1CCC(c2ccc(C(F)(F)F)cc2)CN1c1ccc(C(=O)N[C@@H](CO)c2ccc(S(=O)(=O)CC)cc2)cc1. The Morgan fingerprint density at radius 2 is 1.65 bits per heavy atom. The van der Waals surface area contributed by atoms with E-state index in [1.807, 2.05) is 19.1 Å². The molecule has 1 aliphatic rings. The number of carbonyl (C=O) groups excluding carboxylic acids is 1. The zero-order valence-electron chi connectivity index (χ0n) is 24.2. The molecule has 3 aromatic rings. The number of carbonyl (C=O) groups is 1. The molecule has 0 aliphatic carbocycles. The highest BCUT2D eigenvalue weighted by molar-refractivity contribution is 7.91. The number of aliphatic hydroxyl groups is 1. The van der Waals surface area contributed by atoms with Gasteiger partial charge in [-0.3, -0.25) is 4.79 Å². The van der Waals surface area contributed by atoms with E-state index in [0.29, 0.717) is 30.9 Å². The fourth-order valence-electron chi connectivity index (χ4n) is 5.34. The lowest BCUT2D eigenvalue weighted by atomic mass is 9.86. The fraction of sp³-hybridized carbons (Fsp3) is 0.406. The van der Waals surface area contributed by atoms with Gasteiger partial charge in [-0.05, 0) is 79.4 Å². The maximum absolute atomic E-state index is 13.1. The van der Waals surface area contributed by atoms with Crippen LogP contribution in [0, 0.1) is 0 Å². The number of ether oxygens (including phenoxy) is 1. The number of nitrogens with one attached hydrogen (secondary N) is 1. The van der Waals surface area contributed by atoms with Crippen molar-refractivity contribution in [2.45, 2.75) is 55.8 Å². The van der Waals surface area contributed by atoms with Crippen molar-refractivity contribution in [1.29, 1.82) is 0 Å². The topological polar surface area (TPSA) is 95.9 Å². The van der Waals surface area contributed by atoms with Gasteiger partial charge in [0.1, 0.15) is 0 Å². The summed E-state index contributed by atoms with van der Waals surface area (Å²) in [5.41, 5.74) is 1.99. The van der Waals surface area contributed by atoms with Gasteiger partial charge in [0.05, 0.1) is 41.5 Å². The Morgan fingerprint density at radius 3 is 2.21 bits per heavy atom. The molecule has 0 saturated carbocycles. The average molecular weight is 619 g/mol. The lowest BCUT2D eigenvalue weighted by Gasteiger charge is -2.41. The Balaban J connectivity index is 1.48. The summed E-state index contributed by atoms with van der Waals surface area (Å²) in [6, 6.07) is 17.8. The van der Waals surface area contributed by atoms with E-state index in [-0.39, 0.29) is 29.2 Å². The Kier molecular flexibility index (Phi) is 10.5. The second kappa shape index (κ2) is 13.9. The Bertz CT molecular complexity index is 1460. The lowest BCUT2D eigenvalue weighted by molar-refractivity contribution is -0.137. The van der Waals surface area contributed by atoms with Crippen LogP contribution in [0.3, 0.4) is 0 Å². The number of halogens is 3. The average Bonchev–Trinajstić information content (AvgIpc) is 3.02. The molecule has 232 valence electrons. The summed E-state index contributed by atoms with van der Waals surface area (Å²) >= 11 is 0. The molecule has 0 spiro atoms. The number of alkyl halides is 3. The van der Waals surface area contributed by atoms with Crippen LogP contribution in [0.15, 0.2) is 77.7 Å². The molecular formula is C32H37F3N2O5S. The molecule has 43 heavy (non-hydrogen) atoms. The van der Waals surface area contributed by atoms with Crippen molar-refractivity contribution in [3.8, 4) is 0 Å². The second-order valence-corrected chi connectivity index (χ2v) is 12.9. The first-order valence-electron chi connectivity index (χ1n) is 14.3. The minimum absolute atomic E-state index is 0.0258.